The van der Waals surface area contributed by atoms with Gasteiger partial charge in [-0.25, -0.2) is 9.97 Å². The van der Waals surface area contributed by atoms with Crippen molar-refractivity contribution in [3.05, 3.63) is 65.0 Å². The fourth-order valence-corrected chi connectivity index (χ4v) is 5.85. The molecule has 6 heteroatoms. The topological polar surface area (TPSA) is 54.9 Å². The first kappa shape index (κ1) is 17.5. The van der Waals surface area contributed by atoms with Gasteiger partial charge in [0.25, 0.3) is 0 Å². The van der Waals surface area contributed by atoms with E-state index in [0.29, 0.717) is 0 Å². The molecule has 1 N–H and O–H groups in total. The first-order chi connectivity index (χ1) is 13.7. The minimum Gasteiger partial charge on any atom is -0.325 e. The van der Waals surface area contributed by atoms with Gasteiger partial charge >= 0.3 is 0 Å². The van der Waals surface area contributed by atoms with Gasteiger partial charge in [0.1, 0.15) is 15.4 Å². The summed E-state index contributed by atoms with van der Waals surface area (Å²) in [7, 11) is 0. The van der Waals surface area contributed by atoms with Crippen molar-refractivity contribution in [2.45, 2.75) is 31.1 Å². The lowest BCUT2D eigenvalue weighted by Crippen LogP contribution is -2.37. The van der Waals surface area contributed by atoms with Crippen LogP contribution in [0.5, 0.6) is 0 Å². The Balaban J connectivity index is 1.38. The summed E-state index contributed by atoms with van der Waals surface area (Å²) in [6, 6.07) is 16.0. The van der Waals surface area contributed by atoms with Gasteiger partial charge in [-0.3, -0.25) is 4.79 Å². The smallest absolute Gasteiger partial charge is 0.235 e. The molecule has 0 bridgehead atoms. The van der Waals surface area contributed by atoms with E-state index in [1.165, 1.54) is 4.88 Å². The molecule has 0 spiro atoms. The number of thiazole rings is 1. The van der Waals surface area contributed by atoms with Crippen molar-refractivity contribution < 1.29 is 4.79 Å². The van der Waals surface area contributed by atoms with Crippen LogP contribution in [-0.4, -0.2) is 15.9 Å². The molecule has 0 saturated heterocycles. The predicted octanol–water partition coefficient (Wildman–Crippen LogP) is 5.87. The van der Waals surface area contributed by atoms with Gasteiger partial charge in [0, 0.05) is 22.3 Å². The number of anilines is 1. The molecule has 4 nitrogen and oxygen atoms in total. The molecule has 1 aliphatic rings. The van der Waals surface area contributed by atoms with Gasteiger partial charge in [-0.2, -0.15) is 0 Å². The van der Waals surface area contributed by atoms with Gasteiger partial charge in [0.05, 0.1) is 5.41 Å². The number of thiophene rings is 1. The number of hydrogen-bond donors (Lipinski definition) is 1. The SMILES string of the molecule is O=C(Nc1ccc(-c2nc3cccnc3s2)cc1)C1(c2cccs2)CCCC1. The summed E-state index contributed by atoms with van der Waals surface area (Å²) in [5.74, 6) is 0.115. The number of benzene rings is 1. The summed E-state index contributed by atoms with van der Waals surface area (Å²) in [5, 5.41) is 6.16. The lowest BCUT2D eigenvalue weighted by Gasteiger charge is -2.26. The number of rotatable bonds is 4. The number of hydrogen-bond acceptors (Lipinski definition) is 5. The van der Waals surface area contributed by atoms with Crippen molar-refractivity contribution in [3.8, 4) is 10.6 Å². The van der Waals surface area contributed by atoms with E-state index in [0.717, 1.165) is 52.3 Å². The van der Waals surface area contributed by atoms with Gasteiger partial charge in [-0.05, 0) is 60.7 Å². The fraction of sp³-hybridized carbons (Fsp3) is 0.227. The standard InChI is InChI=1S/C22H19N3OS2/c26-21(22(11-1-2-12-22)18-6-4-14-27-18)24-16-9-7-15(8-10-16)19-25-17-5-3-13-23-20(17)28-19/h3-10,13-14H,1-2,11-12H2,(H,24,26). The second-order valence-corrected chi connectivity index (χ2v) is 9.07. The molecule has 1 fully saturated rings. The number of carbonyl (C=O) groups excluding carboxylic acids is 1. The lowest BCUT2D eigenvalue weighted by atomic mass is 9.83. The van der Waals surface area contributed by atoms with Gasteiger partial charge < -0.3 is 5.32 Å². The highest BCUT2D eigenvalue weighted by atomic mass is 32.1. The number of amides is 1. The summed E-state index contributed by atoms with van der Waals surface area (Å²) in [6.07, 6.45) is 5.85. The summed E-state index contributed by atoms with van der Waals surface area (Å²) < 4.78 is 0. The number of aromatic nitrogens is 2. The number of fused-ring (bicyclic) bond motifs is 1. The average molecular weight is 406 g/mol. The van der Waals surface area contributed by atoms with Crippen molar-refractivity contribution in [1.82, 2.24) is 9.97 Å². The van der Waals surface area contributed by atoms with Crippen LogP contribution in [0.3, 0.4) is 0 Å². The monoisotopic (exact) mass is 405 g/mol. The minimum atomic E-state index is -0.370. The molecule has 0 aliphatic heterocycles. The van der Waals surface area contributed by atoms with Crippen LogP contribution >= 0.6 is 22.7 Å². The maximum absolute atomic E-state index is 13.2. The summed E-state index contributed by atoms with van der Waals surface area (Å²) >= 11 is 3.27. The third-order valence-corrected chi connectivity index (χ3v) is 7.54. The Morgan fingerprint density at radius 1 is 1.04 bits per heavy atom. The molecule has 1 amide bonds. The van der Waals surface area contributed by atoms with E-state index < -0.39 is 0 Å². The van der Waals surface area contributed by atoms with Crippen LogP contribution in [0.25, 0.3) is 20.9 Å². The molecule has 28 heavy (non-hydrogen) atoms. The van der Waals surface area contributed by atoms with E-state index >= 15 is 0 Å². The van der Waals surface area contributed by atoms with Crippen molar-refractivity contribution in [3.63, 3.8) is 0 Å². The van der Waals surface area contributed by atoms with Crippen LogP contribution < -0.4 is 5.32 Å². The van der Waals surface area contributed by atoms with Crippen LogP contribution in [-0.2, 0) is 10.2 Å². The molecule has 1 aromatic carbocycles. The largest absolute Gasteiger partial charge is 0.325 e. The van der Waals surface area contributed by atoms with E-state index in [1.807, 2.05) is 42.5 Å². The van der Waals surface area contributed by atoms with Crippen LogP contribution in [0.1, 0.15) is 30.6 Å². The quantitative estimate of drug-likeness (QED) is 0.462. The third kappa shape index (κ3) is 3.02. The zero-order chi connectivity index (χ0) is 19.0. The second-order valence-electron chi connectivity index (χ2n) is 7.14. The van der Waals surface area contributed by atoms with Gasteiger partial charge in [0.2, 0.25) is 5.91 Å². The van der Waals surface area contributed by atoms with Gasteiger partial charge in [-0.1, -0.05) is 30.2 Å². The van der Waals surface area contributed by atoms with Crippen LogP contribution in [0.15, 0.2) is 60.1 Å². The van der Waals surface area contributed by atoms with Crippen molar-refractivity contribution >= 4 is 44.6 Å². The molecular weight excluding hydrogens is 386 g/mol. The first-order valence-electron chi connectivity index (χ1n) is 9.42. The Hall–Kier alpha value is -2.57. The van der Waals surface area contributed by atoms with Crippen molar-refractivity contribution in [1.29, 1.82) is 0 Å². The van der Waals surface area contributed by atoms with Crippen molar-refractivity contribution in [2.24, 2.45) is 0 Å². The molecule has 140 valence electrons. The zero-order valence-electron chi connectivity index (χ0n) is 15.2. The molecule has 0 atom stereocenters. The van der Waals surface area contributed by atoms with Gasteiger partial charge in [0.15, 0.2) is 0 Å². The van der Waals surface area contributed by atoms with E-state index in [2.05, 4.69) is 26.7 Å². The average Bonchev–Trinajstić information content (AvgIpc) is 3.48. The number of nitrogens with zero attached hydrogens (tertiary/aromatic N) is 2. The minimum absolute atomic E-state index is 0.115. The number of pyridine rings is 1. The maximum Gasteiger partial charge on any atom is 0.235 e. The van der Waals surface area contributed by atoms with Crippen LogP contribution in [0.2, 0.25) is 0 Å². The Morgan fingerprint density at radius 2 is 1.86 bits per heavy atom. The highest BCUT2D eigenvalue weighted by molar-refractivity contribution is 7.21. The van der Waals surface area contributed by atoms with Crippen LogP contribution in [0, 0.1) is 0 Å². The molecule has 1 aliphatic carbocycles. The molecule has 1 saturated carbocycles. The second kappa shape index (κ2) is 7.11. The molecule has 5 rings (SSSR count). The van der Waals surface area contributed by atoms with E-state index in [4.69, 9.17) is 0 Å². The normalized spacial score (nSPS) is 15.7. The Bertz CT molecular complexity index is 1080. The van der Waals surface area contributed by atoms with E-state index in [1.54, 1.807) is 28.9 Å². The van der Waals surface area contributed by atoms with E-state index in [-0.39, 0.29) is 11.3 Å². The molecule has 4 aromatic rings. The Morgan fingerprint density at radius 3 is 2.57 bits per heavy atom. The predicted molar refractivity (Wildman–Crippen MR) is 116 cm³/mol. The van der Waals surface area contributed by atoms with Crippen molar-refractivity contribution in [2.75, 3.05) is 5.32 Å². The highest BCUT2D eigenvalue weighted by Gasteiger charge is 2.43. The zero-order valence-corrected chi connectivity index (χ0v) is 16.9. The maximum atomic E-state index is 13.2. The Kier molecular flexibility index (Phi) is 4.45. The molecule has 0 unspecified atom stereocenters. The number of nitrogens with one attached hydrogen (secondary N) is 1. The molecular formula is C22H19N3OS2. The third-order valence-electron chi connectivity index (χ3n) is 5.44. The summed E-state index contributed by atoms with van der Waals surface area (Å²) in [5.41, 5.74) is 2.41. The molecule has 3 heterocycles. The number of carbonyl (C=O) groups is 1. The molecule has 3 aromatic heterocycles. The summed E-state index contributed by atoms with van der Waals surface area (Å²) in [6.45, 7) is 0. The fourth-order valence-electron chi connectivity index (χ4n) is 3.95. The Labute approximate surface area is 171 Å². The van der Waals surface area contributed by atoms with E-state index in [9.17, 15) is 4.79 Å². The van der Waals surface area contributed by atoms with Crippen LogP contribution in [0.4, 0.5) is 5.69 Å². The van der Waals surface area contributed by atoms with Gasteiger partial charge in [-0.15, -0.1) is 11.3 Å². The highest BCUT2D eigenvalue weighted by Crippen LogP contribution is 2.44. The lowest BCUT2D eigenvalue weighted by molar-refractivity contribution is -0.121. The molecule has 0 radical (unpaired) electrons. The first-order valence-corrected chi connectivity index (χ1v) is 11.1. The summed E-state index contributed by atoms with van der Waals surface area (Å²) in [4.78, 5) is 24.3.